The van der Waals surface area contributed by atoms with E-state index in [-0.39, 0.29) is 23.4 Å². The van der Waals surface area contributed by atoms with Crippen molar-refractivity contribution in [1.29, 1.82) is 0 Å². The Kier molecular flexibility index (Phi) is 4.52. The molecular weight excluding hydrogens is 295 g/mol. The van der Waals surface area contributed by atoms with Crippen molar-refractivity contribution in [2.24, 2.45) is 5.92 Å². The molecule has 6 heteroatoms. The number of carbonyl (C=O) groups excluding carboxylic acids is 2. The first-order chi connectivity index (χ1) is 9.86. The Morgan fingerprint density at radius 3 is 2.62 bits per heavy atom. The van der Waals surface area contributed by atoms with E-state index in [1.165, 1.54) is 23.1 Å². The third-order valence-corrected chi connectivity index (χ3v) is 3.87. The van der Waals surface area contributed by atoms with Crippen LogP contribution in [0.5, 0.6) is 0 Å². The van der Waals surface area contributed by atoms with Gasteiger partial charge in [0.05, 0.1) is 5.69 Å². The molecule has 21 heavy (non-hydrogen) atoms. The molecule has 1 aliphatic heterocycles. The predicted molar refractivity (Wildman–Crippen MR) is 79.7 cm³/mol. The number of hydrogen-bond acceptors (Lipinski definition) is 2. The van der Waals surface area contributed by atoms with Crippen molar-refractivity contribution in [2.75, 3.05) is 4.90 Å². The fraction of sp³-hybridized carbons (Fsp3) is 0.467. The molecule has 0 aliphatic carbocycles. The molecule has 0 bridgehead atoms. The van der Waals surface area contributed by atoms with Crippen LogP contribution in [0.3, 0.4) is 0 Å². The molecule has 1 N–H and O–H groups in total. The van der Waals surface area contributed by atoms with Crippen molar-refractivity contribution in [3.05, 3.63) is 29.0 Å². The SMILES string of the molecule is CCC1C(=O)NC(C(C)C)C(=O)N1c1cc(Cl)ccc1F. The monoisotopic (exact) mass is 312 g/mol. The number of hydrogen-bond donors (Lipinski definition) is 1. The average molecular weight is 313 g/mol. The number of piperazine rings is 1. The molecule has 1 fully saturated rings. The average Bonchev–Trinajstić information content (AvgIpc) is 2.43. The third kappa shape index (κ3) is 2.88. The van der Waals surface area contributed by atoms with Crippen LogP contribution in [0.4, 0.5) is 10.1 Å². The fourth-order valence-electron chi connectivity index (χ4n) is 2.51. The van der Waals surface area contributed by atoms with Crippen LogP contribution in [0.1, 0.15) is 27.2 Å². The number of halogens is 2. The van der Waals surface area contributed by atoms with Crippen LogP contribution in [0.15, 0.2) is 18.2 Å². The zero-order chi connectivity index (χ0) is 15.7. The summed E-state index contributed by atoms with van der Waals surface area (Å²) in [5.74, 6) is -1.22. The zero-order valence-electron chi connectivity index (χ0n) is 12.2. The quantitative estimate of drug-likeness (QED) is 0.933. The minimum absolute atomic E-state index is 0.0554. The summed E-state index contributed by atoms with van der Waals surface area (Å²) in [5.41, 5.74) is 0.0554. The lowest BCUT2D eigenvalue weighted by Gasteiger charge is -2.40. The first-order valence-corrected chi connectivity index (χ1v) is 7.33. The van der Waals surface area contributed by atoms with Crippen LogP contribution >= 0.6 is 11.6 Å². The molecule has 114 valence electrons. The van der Waals surface area contributed by atoms with E-state index in [0.29, 0.717) is 11.4 Å². The number of benzene rings is 1. The summed E-state index contributed by atoms with van der Waals surface area (Å²) in [6.45, 7) is 5.45. The highest BCUT2D eigenvalue weighted by Gasteiger charge is 2.42. The van der Waals surface area contributed by atoms with E-state index in [1.807, 2.05) is 13.8 Å². The maximum absolute atomic E-state index is 14.1. The van der Waals surface area contributed by atoms with Gasteiger partial charge in [-0.05, 0) is 30.5 Å². The molecule has 2 amide bonds. The molecule has 0 saturated carbocycles. The smallest absolute Gasteiger partial charge is 0.250 e. The second kappa shape index (κ2) is 6.02. The fourth-order valence-corrected chi connectivity index (χ4v) is 2.68. The lowest BCUT2D eigenvalue weighted by molar-refractivity contribution is -0.135. The lowest BCUT2D eigenvalue weighted by atomic mass is 9.96. The standard InChI is InChI=1S/C15H18ClFN2O2/c1-4-11-14(20)18-13(8(2)3)15(21)19(11)12-7-9(16)5-6-10(12)17/h5-8,11,13H,4H2,1-3H3,(H,18,20). The normalized spacial score (nSPS) is 22.7. The second-order valence-electron chi connectivity index (χ2n) is 5.46. The number of rotatable bonds is 3. The summed E-state index contributed by atoms with van der Waals surface area (Å²) in [4.78, 5) is 26.1. The summed E-state index contributed by atoms with van der Waals surface area (Å²) in [7, 11) is 0. The Labute approximate surface area is 128 Å². The van der Waals surface area contributed by atoms with E-state index in [4.69, 9.17) is 11.6 Å². The van der Waals surface area contributed by atoms with Crippen LogP contribution in [0.25, 0.3) is 0 Å². The number of anilines is 1. The van der Waals surface area contributed by atoms with Gasteiger partial charge in [-0.1, -0.05) is 32.4 Å². The minimum Gasteiger partial charge on any atom is -0.342 e. The van der Waals surface area contributed by atoms with Gasteiger partial charge in [0, 0.05) is 5.02 Å². The van der Waals surface area contributed by atoms with Gasteiger partial charge in [-0.3, -0.25) is 14.5 Å². The topological polar surface area (TPSA) is 49.4 Å². The van der Waals surface area contributed by atoms with E-state index in [1.54, 1.807) is 6.92 Å². The Hall–Kier alpha value is -1.62. The largest absolute Gasteiger partial charge is 0.342 e. The van der Waals surface area contributed by atoms with E-state index >= 15 is 0 Å². The van der Waals surface area contributed by atoms with Crippen molar-refractivity contribution < 1.29 is 14.0 Å². The molecule has 2 unspecified atom stereocenters. The summed E-state index contributed by atoms with van der Waals surface area (Å²) in [6, 6.07) is 2.62. The van der Waals surface area contributed by atoms with Gasteiger partial charge in [-0.25, -0.2) is 4.39 Å². The van der Waals surface area contributed by atoms with Gasteiger partial charge in [-0.2, -0.15) is 0 Å². The van der Waals surface area contributed by atoms with E-state index < -0.39 is 17.9 Å². The zero-order valence-corrected chi connectivity index (χ0v) is 12.9. The number of nitrogens with one attached hydrogen (secondary N) is 1. The Morgan fingerprint density at radius 2 is 2.05 bits per heavy atom. The van der Waals surface area contributed by atoms with E-state index in [2.05, 4.69) is 5.32 Å². The van der Waals surface area contributed by atoms with E-state index in [0.717, 1.165) is 0 Å². The highest BCUT2D eigenvalue weighted by atomic mass is 35.5. The van der Waals surface area contributed by atoms with Crippen molar-refractivity contribution in [3.8, 4) is 0 Å². The van der Waals surface area contributed by atoms with Gasteiger partial charge in [0.2, 0.25) is 5.91 Å². The van der Waals surface area contributed by atoms with Gasteiger partial charge in [0.15, 0.2) is 0 Å². The predicted octanol–water partition coefficient (Wildman–Crippen LogP) is 2.75. The van der Waals surface area contributed by atoms with Crippen LogP contribution in [-0.4, -0.2) is 23.9 Å². The summed E-state index contributed by atoms with van der Waals surface area (Å²) in [6.07, 6.45) is 0.397. The van der Waals surface area contributed by atoms with Crippen LogP contribution in [0, 0.1) is 11.7 Å². The molecule has 0 spiro atoms. The van der Waals surface area contributed by atoms with Crippen LogP contribution < -0.4 is 10.2 Å². The molecule has 2 rings (SSSR count). The van der Waals surface area contributed by atoms with Gasteiger partial charge in [-0.15, -0.1) is 0 Å². The first-order valence-electron chi connectivity index (χ1n) is 6.95. The Bertz CT molecular complexity index is 577. The summed E-state index contributed by atoms with van der Waals surface area (Å²) < 4.78 is 14.1. The minimum atomic E-state index is -0.722. The van der Waals surface area contributed by atoms with Crippen LogP contribution in [-0.2, 0) is 9.59 Å². The van der Waals surface area contributed by atoms with Gasteiger partial charge >= 0.3 is 0 Å². The van der Waals surface area contributed by atoms with Gasteiger partial charge < -0.3 is 5.32 Å². The maximum Gasteiger partial charge on any atom is 0.250 e. The molecule has 1 aliphatic rings. The molecule has 1 heterocycles. The van der Waals surface area contributed by atoms with Crippen LogP contribution in [0.2, 0.25) is 5.02 Å². The highest BCUT2D eigenvalue weighted by Crippen LogP contribution is 2.29. The molecule has 1 aromatic carbocycles. The van der Waals surface area contributed by atoms with Crippen molar-refractivity contribution in [2.45, 2.75) is 39.3 Å². The van der Waals surface area contributed by atoms with Crippen molar-refractivity contribution >= 4 is 29.1 Å². The van der Waals surface area contributed by atoms with Crippen molar-refractivity contribution in [3.63, 3.8) is 0 Å². The first kappa shape index (κ1) is 15.8. The second-order valence-corrected chi connectivity index (χ2v) is 5.89. The number of nitrogens with zero attached hydrogens (tertiary/aromatic N) is 1. The van der Waals surface area contributed by atoms with Gasteiger partial charge in [0.25, 0.3) is 5.91 Å². The lowest BCUT2D eigenvalue weighted by Crippen LogP contribution is -2.65. The van der Waals surface area contributed by atoms with E-state index in [9.17, 15) is 14.0 Å². The highest BCUT2D eigenvalue weighted by molar-refractivity contribution is 6.31. The summed E-state index contributed by atoms with van der Waals surface area (Å²) in [5, 5.41) is 3.04. The molecular formula is C15H18ClFN2O2. The molecule has 1 aromatic rings. The molecule has 4 nitrogen and oxygen atoms in total. The molecule has 0 aromatic heterocycles. The number of carbonyl (C=O) groups is 2. The van der Waals surface area contributed by atoms with Gasteiger partial charge in [0.1, 0.15) is 17.9 Å². The Morgan fingerprint density at radius 1 is 1.38 bits per heavy atom. The Balaban J connectivity index is 2.51. The van der Waals surface area contributed by atoms with Crippen molar-refractivity contribution in [1.82, 2.24) is 5.32 Å². The number of amides is 2. The molecule has 1 saturated heterocycles. The maximum atomic E-state index is 14.1. The molecule has 0 radical (unpaired) electrons. The molecule has 2 atom stereocenters. The summed E-state index contributed by atoms with van der Waals surface area (Å²) >= 11 is 5.90. The third-order valence-electron chi connectivity index (χ3n) is 3.64.